The second-order valence-corrected chi connectivity index (χ2v) is 19.5. The Bertz CT molecular complexity index is 2580. The van der Waals surface area contributed by atoms with Gasteiger partial charge in [-0.3, -0.25) is 4.57 Å². The van der Waals surface area contributed by atoms with Crippen molar-refractivity contribution < 1.29 is 4.74 Å². The summed E-state index contributed by atoms with van der Waals surface area (Å²) in [7, 11) is 0. The molecule has 8 rings (SSSR count). The SMILES string of the molecule is CC(C)Cc1ccc2c(c1)N(c1cc(C(C)(C)C)cc(C(C)(C)C)c1)CN2c1cccc(Oc2ccc3c4ccccc4n(-c4cc(C(C)(C)C)ccn4)c3c2)c1. The summed E-state index contributed by atoms with van der Waals surface area (Å²) in [6.45, 7) is 25.9. The highest BCUT2D eigenvalue weighted by atomic mass is 16.5. The van der Waals surface area contributed by atoms with E-state index in [0.29, 0.717) is 12.6 Å². The number of pyridine rings is 1. The van der Waals surface area contributed by atoms with Gasteiger partial charge in [-0.2, -0.15) is 0 Å². The van der Waals surface area contributed by atoms with Crippen molar-refractivity contribution in [2.75, 3.05) is 16.5 Å². The van der Waals surface area contributed by atoms with Crippen molar-refractivity contribution in [2.24, 2.45) is 5.92 Å². The molecule has 0 spiro atoms. The highest BCUT2D eigenvalue weighted by molar-refractivity contribution is 6.09. The van der Waals surface area contributed by atoms with Gasteiger partial charge in [0.2, 0.25) is 0 Å². The average Bonchev–Trinajstić information content (AvgIpc) is 3.69. The summed E-state index contributed by atoms with van der Waals surface area (Å²) in [4.78, 5) is 9.81. The van der Waals surface area contributed by atoms with Gasteiger partial charge in [-0.25, -0.2) is 4.98 Å². The first-order valence-electron chi connectivity index (χ1n) is 20.6. The standard InChI is InChI=1S/C52H58N4O/c1-34(2)25-35-19-22-46-48(26-35)55(40-28-37(51(6,7)8)27-38(29-40)52(9,10)11)33-54(46)39-15-14-16-41(31-39)57-42-20-21-44-43-17-12-13-18-45(43)56(47(44)32-42)49-30-36(23-24-53-49)50(3,4)5/h12-24,26-32,34H,25,33H2,1-11H3. The van der Waals surface area contributed by atoms with Crippen LogP contribution in [0.15, 0.2) is 121 Å². The molecule has 5 nitrogen and oxygen atoms in total. The van der Waals surface area contributed by atoms with Crippen molar-refractivity contribution in [3.63, 3.8) is 0 Å². The minimum atomic E-state index is 0.00479. The first-order chi connectivity index (χ1) is 26.9. The van der Waals surface area contributed by atoms with Crippen LogP contribution in [0.4, 0.5) is 22.7 Å². The molecule has 1 aliphatic rings. The molecule has 2 aromatic heterocycles. The number of benzene rings is 5. The monoisotopic (exact) mass is 754 g/mol. The third-order valence-electron chi connectivity index (χ3n) is 11.4. The van der Waals surface area contributed by atoms with Crippen molar-refractivity contribution >= 4 is 44.6 Å². The Hall–Kier alpha value is -5.55. The molecule has 0 saturated carbocycles. The number of fused-ring (bicyclic) bond motifs is 4. The highest BCUT2D eigenvalue weighted by Crippen LogP contribution is 2.47. The van der Waals surface area contributed by atoms with Gasteiger partial charge in [0, 0.05) is 40.5 Å². The van der Waals surface area contributed by atoms with Crippen molar-refractivity contribution in [3.05, 3.63) is 144 Å². The average molecular weight is 755 g/mol. The smallest absolute Gasteiger partial charge is 0.137 e. The van der Waals surface area contributed by atoms with Crippen LogP contribution in [-0.2, 0) is 22.7 Å². The fourth-order valence-electron chi connectivity index (χ4n) is 8.10. The normalized spacial score (nSPS) is 13.6. The van der Waals surface area contributed by atoms with Gasteiger partial charge in [-0.1, -0.05) is 113 Å². The topological polar surface area (TPSA) is 33.5 Å². The summed E-state index contributed by atoms with van der Waals surface area (Å²) < 4.78 is 9.02. The molecule has 5 heteroatoms. The van der Waals surface area contributed by atoms with E-state index in [1.54, 1.807) is 0 Å². The van der Waals surface area contributed by atoms with Gasteiger partial charge in [-0.05, 0) is 118 Å². The van der Waals surface area contributed by atoms with Crippen LogP contribution in [0.1, 0.15) is 98.4 Å². The molecule has 0 N–H and O–H groups in total. The Balaban J connectivity index is 1.18. The summed E-state index contributed by atoms with van der Waals surface area (Å²) >= 11 is 0. The maximum absolute atomic E-state index is 6.75. The first-order valence-corrected chi connectivity index (χ1v) is 20.6. The van der Waals surface area contributed by atoms with Gasteiger partial charge in [-0.15, -0.1) is 0 Å². The molecule has 3 heterocycles. The molecule has 7 aromatic rings. The molecule has 1 aliphatic heterocycles. The number of aromatic nitrogens is 2. The summed E-state index contributed by atoms with van der Waals surface area (Å²) in [5.41, 5.74) is 12.3. The van der Waals surface area contributed by atoms with Gasteiger partial charge in [0.05, 0.1) is 22.4 Å². The lowest BCUT2D eigenvalue weighted by molar-refractivity contribution is 0.483. The second-order valence-electron chi connectivity index (χ2n) is 19.5. The number of para-hydroxylation sites is 1. The predicted molar refractivity (Wildman–Crippen MR) is 242 cm³/mol. The van der Waals surface area contributed by atoms with Gasteiger partial charge < -0.3 is 14.5 Å². The lowest BCUT2D eigenvalue weighted by atomic mass is 9.80. The van der Waals surface area contributed by atoms with Crippen LogP contribution >= 0.6 is 0 Å². The Morgan fingerprint density at radius 1 is 0.561 bits per heavy atom. The molecular formula is C52H58N4O. The van der Waals surface area contributed by atoms with Crippen LogP contribution in [0.25, 0.3) is 27.6 Å². The summed E-state index contributed by atoms with van der Waals surface area (Å²) in [5.74, 6) is 3.06. The van der Waals surface area contributed by atoms with E-state index in [2.05, 4.69) is 206 Å². The summed E-state index contributed by atoms with van der Waals surface area (Å²) in [6.07, 6.45) is 2.97. The minimum absolute atomic E-state index is 0.00479. The predicted octanol–water partition coefficient (Wildman–Crippen LogP) is 14.3. The third-order valence-corrected chi connectivity index (χ3v) is 11.4. The molecule has 5 aromatic carbocycles. The van der Waals surface area contributed by atoms with Crippen LogP contribution in [0.3, 0.4) is 0 Å². The van der Waals surface area contributed by atoms with Gasteiger partial charge in [0.1, 0.15) is 24.0 Å². The molecule has 0 atom stereocenters. The van der Waals surface area contributed by atoms with E-state index < -0.39 is 0 Å². The summed E-state index contributed by atoms with van der Waals surface area (Å²) in [6, 6.07) is 42.1. The Kier molecular flexibility index (Phi) is 9.50. The molecule has 0 aliphatic carbocycles. The number of ether oxygens (including phenoxy) is 1. The minimum Gasteiger partial charge on any atom is -0.457 e. The Morgan fingerprint density at radius 2 is 1.23 bits per heavy atom. The van der Waals surface area contributed by atoms with E-state index >= 15 is 0 Å². The molecule has 0 bridgehead atoms. The number of hydrogen-bond donors (Lipinski definition) is 0. The van der Waals surface area contributed by atoms with Crippen LogP contribution in [0, 0.1) is 5.92 Å². The maximum Gasteiger partial charge on any atom is 0.137 e. The van der Waals surface area contributed by atoms with E-state index in [4.69, 9.17) is 9.72 Å². The lowest BCUT2D eigenvalue weighted by Gasteiger charge is -2.29. The fourth-order valence-corrected chi connectivity index (χ4v) is 8.10. The molecular weight excluding hydrogens is 697 g/mol. The molecule has 292 valence electrons. The molecule has 0 saturated heterocycles. The quantitative estimate of drug-likeness (QED) is 0.162. The maximum atomic E-state index is 6.75. The Labute approximate surface area is 339 Å². The van der Waals surface area contributed by atoms with Crippen LogP contribution < -0.4 is 14.5 Å². The summed E-state index contributed by atoms with van der Waals surface area (Å²) in [5, 5.41) is 2.37. The van der Waals surface area contributed by atoms with Crippen molar-refractivity contribution in [1.82, 2.24) is 9.55 Å². The van der Waals surface area contributed by atoms with E-state index in [1.807, 2.05) is 6.20 Å². The third kappa shape index (κ3) is 7.53. The van der Waals surface area contributed by atoms with E-state index in [0.717, 1.165) is 40.5 Å². The Morgan fingerprint density at radius 3 is 1.93 bits per heavy atom. The molecule has 57 heavy (non-hydrogen) atoms. The van der Waals surface area contributed by atoms with E-state index in [1.165, 1.54) is 50.1 Å². The zero-order chi connectivity index (χ0) is 40.4. The first kappa shape index (κ1) is 38.3. The zero-order valence-electron chi connectivity index (χ0n) is 35.7. The molecule has 0 unspecified atom stereocenters. The van der Waals surface area contributed by atoms with Crippen molar-refractivity contribution in [1.29, 1.82) is 0 Å². The fraction of sp³-hybridized carbons (Fsp3) is 0.327. The number of hydrogen-bond acceptors (Lipinski definition) is 4. The van der Waals surface area contributed by atoms with Crippen molar-refractivity contribution in [2.45, 2.75) is 98.8 Å². The van der Waals surface area contributed by atoms with E-state index in [9.17, 15) is 0 Å². The number of nitrogens with zero attached hydrogens (tertiary/aromatic N) is 4. The highest BCUT2D eigenvalue weighted by Gasteiger charge is 2.31. The lowest BCUT2D eigenvalue weighted by Crippen LogP contribution is -2.25. The molecule has 0 radical (unpaired) electrons. The molecule has 0 amide bonds. The number of anilines is 4. The zero-order valence-corrected chi connectivity index (χ0v) is 35.7. The number of rotatable bonds is 7. The van der Waals surface area contributed by atoms with Gasteiger partial charge >= 0.3 is 0 Å². The van der Waals surface area contributed by atoms with Gasteiger partial charge in [0.15, 0.2) is 0 Å². The van der Waals surface area contributed by atoms with Crippen LogP contribution in [0.2, 0.25) is 0 Å². The second kappa shape index (κ2) is 14.1. The van der Waals surface area contributed by atoms with Crippen LogP contribution in [-0.4, -0.2) is 16.2 Å². The van der Waals surface area contributed by atoms with E-state index in [-0.39, 0.29) is 16.2 Å². The van der Waals surface area contributed by atoms with Gasteiger partial charge in [0.25, 0.3) is 0 Å². The van der Waals surface area contributed by atoms with Crippen molar-refractivity contribution in [3.8, 4) is 17.3 Å². The largest absolute Gasteiger partial charge is 0.457 e. The molecule has 0 fully saturated rings. The van der Waals surface area contributed by atoms with Crippen LogP contribution in [0.5, 0.6) is 11.5 Å².